The van der Waals surface area contributed by atoms with Crippen LogP contribution in [0, 0.1) is 0 Å². The molecule has 0 saturated heterocycles. The van der Waals surface area contributed by atoms with Gasteiger partial charge in [-0.1, -0.05) is 0 Å². The van der Waals surface area contributed by atoms with E-state index in [1.54, 1.807) is 26.2 Å². The number of carbonyl (C=O) groups excluding carboxylic acids is 1. The highest BCUT2D eigenvalue weighted by Gasteiger charge is 2.12. The number of Topliss-reactive ketones (excluding diaryl/α,β-unsaturated/α-hetero) is 1. The maximum absolute atomic E-state index is 11.2. The van der Waals surface area contributed by atoms with Crippen molar-refractivity contribution < 1.29 is 19.4 Å². The molecule has 18 heavy (non-hydrogen) atoms. The molecule has 1 aromatic carbocycles. The van der Waals surface area contributed by atoms with E-state index in [0.29, 0.717) is 18.6 Å². The number of aryl methyl sites for hydroxylation is 1. The molecule has 0 saturated carbocycles. The van der Waals surface area contributed by atoms with Crippen LogP contribution in [0.25, 0.3) is 0 Å². The molecule has 0 aromatic heterocycles. The minimum absolute atomic E-state index is 0.0149. The zero-order chi connectivity index (χ0) is 13.5. The van der Waals surface area contributed by atoms with Crippen molar-refractivity contribution in [3.8, 4) is 11.5 Å². The maximum Gasteiger partial charge on any atom is 0.169 e. The zero-order valence-electron chi connectivity index (χ0n) is 11.1. The van der Waals surface area contributed by atoms with Crippen LogP contribution in [0.3, 0.4) is 0 Å². The molecule has 0 heterocycles. The fourth-order valence-electron chi connectivity index (χ4n) is 1.54. The van der Waals surface area contributed by atoms with Crippen LogP contribution in [0.15, 0.2) is 18.2 Å². The molecule has 4 heteroatoms. The summed E-state index contributed by atoms with van der Waals surface area (Å²) in [6.45, 7) is 3.35. The molecule has 0 aliphatic heterocycles. The number of carbonyl (C=O) groups is 1. The van der Waals surface area contributed by atoms with Gasteiger partial charge in [0.2, 0.25) is 0 Å². The van der Waals surface area contributed by atoms with E-state index in [0.717, 1.165) is 11.3 Å². The van der Waals surface area contributed by atoms with Crippen molar-refractivity contribution in [3.63, 3.8) is 0 Å². The fourth-order valence-corrected chi connectivity index (χ4v) is 1.54. The summed E-state index contributed by atoms with van der Waals surface area (Å²) < 4.78 is 10.8. The van der Waals surface area contributed by atoms with Crippen molar-refractivity contribution in [3.05, 3.63) is 23.8 Å². The Kier molecular flexibility index (Phi) is 5.65. The van der Waals surface area contributed by atoms with Gasteiger partial charge in [-0.3, -0.25) is 4.79 Å². The number of ketones is 1. The van der Waals surface area contributed by atoms with Crippen molar-refractivity contribution in [2.75, 3.05) is 13.7 Å². The molecule has 1 atom stereocenters. The first-order chi connectivity index (χ1) is 8.58. The summed E-state index contributed by atoms with van der Waals surface area (Å²) in [5, 5.41) is 8.89. The molecular formula is C14H20O4. The van der Waals surface area contributed by atoms with Gasteiger partial charge in [-0.15, -0.1) is 0 Å². The fraction of sp³-hybridized carbons (Fsp3) is 0.500. The van der Waals surface area contributed by atoms with Gasteiger partial charge in [0.25, 0.3) is 0 Å². The van der Waals surface area contributed by atoms with Crippen LogP contribution >= 0.6 is 0 Å². The van der Waals surface area contributed by atoms with E-state index < -0.39 is 6.10 Å². The molecule has 0 aliphatic carbocycles. The molecule has 0 radical (unpaired) electrons. The van der Waals surface area contributed by atoms with Gasteiger partial charge in [0.15, 0.2) is 11.9 Å². The highest BCUT2D eigenvalue weighted by Crippen LogP contribution is 2.26. The molecule has 100 valence electrons. The molecule has 0 amide bonds. The van der Waals surface area contributed by atoms with Crippen molar-refractivity contribution >= 4 is 5.78 Å². The summed E-state index contributed by atoms with van der Waals surface area (Å²) in [5.74, 6) is 1.40. The average molecular weight is 252 g/mol. The lowest BCUT2D eigenvalue weighted by Crippen LogP contribution is -2.21. The van der Waals surface area contributed by atoms with Gasteiger partial charge in [0.1, 0.15) is 11.5 Å². The van der Waals surface area contributed by atoms with Crippen molar-refractivity contribution in [1.29, 1.82) is 0 Å². The topological polar surface area (TPSA) is 55.8 Å². The highest BCUT2D eigenvalue weighted by atomic mass is 16.5. The first kappa shape index (κ1) is 14.5. The third-order valence-electron chi connectivity index (χ3n) is 2.75. The molecule has 1 unspecified atom stereocenters. The maximum atomic E-state index is 11.2. The second-order valence-electron chi connectivity index (χ2n) is 4.17. The third kappa shape index (κ3) is 4.04. The minimum atomic E-state index is -0.466. The highest BCUT2D eigenvalue weighted by molar-refractivity contribution is 5.80. The summed E-state index contributed by atoms with van der Waals surface area (Å²) in [5.41, 5.74) is 0.941. The molecular weight excluding hydrogens is 232 g/mol. The second-order valence-corrected chi connectivity index (χ2v) is 4.17. The zero-order valence-corrected chi connectivity index (χ0v) is 11.1. The number of hydrogen-bond donors (Lipinski definition) is 1. The lowest BCUT2D eigenvalue weighted by atomic mass is 10.1. The van der Waals surface area contributed by atoms with E-state index >= 15 is 0 Å². The van der Waals surface area contributed by atoms with Crippen LogP contribution in [0.2, 0.25) is 0 Å². The monoisotopic (exact) mass is 252 g/mol. The number of rotatable bonds is 7. The number of aliphatic hydroxyl groups is 1. The summed E-state index contributed by atoms with van der Waals surface area (Å²) >= 11 is 0. The van der Waals surface area contributed by atoms with Gasteiger partial charge < -0.3 is 14.6 Å². The molecule has 1 N–H and O–H groups in total. The normalized spacial score (nSPS) is 12.0. The number of benzene rings is 1. The molecule has 0 bridgehead atoms. The first-order valence-corrected chi connectivity index (χ1v) is 6.03. The van der Waals surface area contributed by atoms with Gasteiger partial charge in [0.05, 0.1) is 7.11 Å². The quantitative estimate of drug-likeness (QED) is 0.806. The van der Waals surface area contributed by atoms with Gasteiger partial charge in [0, 0.05) is 6.61 Å². The lowest BCUT2D eigenvalue weighted by Gasteiger charge is -2.16. The Bertz CT molecular complexity index is 401. The number of methoxy groups -OCH3 is 1. The molecule has 0 spiro atoms. The lowest BCUT2D eigenvalue weighted by molar-refractivity contribution is -0.122. The van der Waals surface area contributed by atoms with E-state index in [1.807, 2.05) is 6.07 Å². The Labute approximate surface area is 108 Å². The minimum Gasteiger partial charge on any atom is -0.497 e. The van der Waals surface area contributed by atoms with Crippen molar-refractivity contribution in [1.82, 2.24) is 0 Å². The van der Waals surface area contributed by atoms with Crippen molar-refractivity contribution in [2.45, 2.75) is 32.8 Å². The van der Waals surface area contributed by atoms with Crippen LogP contribution in [0.4, 0.5) is 0 Å². The van der Waals surface area contributed by atoms with Crippen LogP contribution in [0.5, 0.6) is 11.5 Å². The van der Waals surface area contributed by atoms with Crippen LogP contribution in [-0.4, -0.2) is 30.7 Å². The predicted octanol–water partition coefficient (Wildman–Crippen LogP) is 1.98. The van der Waals surface area contributed by atoms with Gasteiger partial charge in [-0.05, 0) is 50.5 Å². The van der Waals surface area contributed by atoms with Gasteiger partial charge in [-0.2, -0.15) is 0 Å². The Morgan fingerprint density at radius 3 is 2.72 bits per heavy atom. The molecule has 0 fully saturated rings. The molecule has 1 aromatic rings. The van der Waals surface area contributed by atoms with Gasteiger partial charge >= 0.3 is 0 Å². The van der Waals surface area contributed by atoms with Gasteiger partial charge in [-0.25, -0.2) is 0 Å². The molecule has 4 nitrogen and oxygen atoms in total. The van der Waals surface area contributed by atoms with E-state index in [-0.39, 0.29) is 12.4 Å². The summed E-state index contributed by atoms with van der Waals surface area (Å²) in [6, 6.07) is 5.47. The Balaban J connectivity index is 2.90. The standard InChI is InChI=1S/C14H20O4/c1-10(16)11(2)18-14-7-6-13(17-3)9-12(14)5-4-8-15/h6-7,9,11,15H,4-5,8H2,1-3H3. The van der Waals surface area contributed by atoms with E-state index in [9.17, 15) is 4.79 Å². The summed E-state index contributed by atoms with van der Waals surface area (Å²) in [4.78, 5) is 11.2. The van der Waals surface area contributed by atoms with Crippen LogP contribution in [-0.2, 0) is 11.2 Å². The Morgan fingerprint density at radius 1 is 1.44 bits per heavy atom. The van der Waals surface area contributed by atoms with Crippen molar-refractivity contribution in [2.24, 2.45) is 0 Å². The summed E-state index contributed by atoms with van der Waals surface area (Å²) in [6.07, 6.45) is 0.873. The second kappa shape index (κ2) is 7.01. The van der Waals surface area contributed by atoms with Crippen LogP contribution < -0.4 is 9.47 Å². The Morgan fingerprint density at radius 2 is 2.17 bits per heavy atom. The summed E-state index contributed by atoms with van der Waals surface area (Å²) in [7, 11) is 1.60. The Hall–Kier alpha value is -1.55. The largest absolute Gasteiger partial charge is 0.497 e. The van der Waals surface area contributed by atoms with E-state index in [1.165, 1.54) is 6.92 Å². The molecule has 1 rings (SSSR count). The smallest absolute Gasteiger partial charge is 0.169 e. The van der Waals surface area contributed by atoms with Crippen LogP contribution in [0.1, 0.15) is 25.8 Å². The van der Waals surface area contributed by atoms with E-state index in [4.69, 9.17) is 14.6 Å². The number of hydrogen-bond acceptors (Lipinski definition) is 4. The third-order valence-corrected chi connectivity index (χ3v) is 2.75. The van der Waals surface area contributed by atoms with E-state index in [2.05, 4.69) is 0 Å². The molecule has 0 aliphatic rings. The predicted molar refractivity (Wildman–Crippen MR) is 69.2 cm³/mol. The number of aliphatic hydroxyl groups excluding tert-OH is 1. The number of ether oxygens (including phenoxy) is 2. The average Bonchev–Trinajstić information content (AvgIpc) is 2.37. The first-order valence-electron chi connectivity index (χ1n) is 6.03. The SMILES string of the molecule is COc1ccc(OC(C)C(C)=O)c(CCCO)c1.